The average molecular weight is 191 g/mol. The Balaban J connectivity index is 2.60. The lowest BCUT2D eigenvalue weighted by Crippen LogP contribution is -2.07. The quantitative estimate of drug-likeness (QED) is 0.537. The van der Waals surface area contributed by atoms with Gasteiger partial charge in [-0.2, -0.15) is 0 Å². The Labute approximate surface area is 80.8 Å². The summed E-state index contributed by atoms with van der Waals surface area (Å²) < 4.78 is 5.06. The van der Waals surface area contributed by atoms with Gasteiger partial charge in [0.15, 0.2) is 0 Å². The van der Waals surface area contributed by atoms with Gasteiger partial charge in [0, 0.05) is 6.42 Å². The third-order valence-corrected chi connectivity index (χ3v) is 2.30. The second-order valence-corrected chi connectivity index (χ2v) is 3.05. The van der Waals surface area contributed by atoms with Gasteiger partial charge >= 0.3 is 0 Å². The van der Waals surface area contributed by atoms with Crippen LogP contribution in [0.2, 0.25) is 0 Å². The highest BCUT2D eigenvalue weighted by molar-refractivity contribution is 6.49. The molecule has 1 aliphatic carbocycles. The maximum atomic E-state index is 11.6. The van der Waals surface area contributed by atoms with Crippen molar-refractivity contribution >= 4 is 11.5 Å². The number of hydrogen-bond donors (Lipinski definition) is 1. The second-order valence-electron chi connectivity index (χ2n) is 3.05. The van der Waals surface area contributed by atoms with Crippen molar-refractivity contribution < 1.29 is 14.7 Å². The first-order valence-electron chi connectivity index (χ1n) is 4.19. The van der Waals surface area contributed by atoms with Crippen LogP contribution in [0.5, 0.6) is 5.75 Å². The zero-order valence-electron chi connectivity index (χ0n) is 7.65. The highest BCUT2D eigenvalue weighted by atomic mass is 16.5. The Kier molecular flexibility index (Phi) is 1.96. The van der Waals surface area contributed by atoms with Crippen LogP contribution in [0.4, 0.5) is 0 Å². The molecule has 0 unspecified atom stereocenters. The molecule has 0 spiro atoms. The number of ketones is 1. The standard InChI is InChI=1S/C10H9NO3/c1-14-8-4-2-3-6-5-7(11-13)10(12)9(6)8/h2-4,13H,5H2,1H3. The zero-order chi connectivity index (χ0) is 10.1. The van der Waals surface area contributed by atoms with Crippen LogP contribution in [-0.2, 0) is 6.42 Å². The Bertz CT molecular complexity index is 423. The van der Waals surface area contributed by atoms with E-state index in [1.807, 2.05) is 12.1 Å². The maximum absolute atomic E-state index is 11.6. The predicted molar refractivity (Wildman–Crippen MR) is 50.3 cm³/mol. The summed E-state index contributed by atoms with van der Waals surface area (Å²) in [6.45, 7) is 0. The number of carbonyl (C=O) groups is 1. The summed E-state index contributed by atoms with van der Waals surface area (Å²) in [4.78, 5) is 11.6. The van der Waals surface area contributed by atoms with Crippen LogP contribution in [0.15, 0.2) is 23.4 Å². The van der Waals surface area contributed by atoms with E-state index in [4.69, 9.17) is 9.94 Å². The number of nitrogens with zero attached hydrogens (tertiary/aromatic N) is 1. The van der Waals surface area contributed by atoms with E-state index in [0.717, 1.165) is 5.56 Å². The number of fused-ring (bicyclic) bond motifs is 1. The van der Waals surface area contributed by atoms with Crippen molar-refractivity contribution in [2.45, 2.75) is 6.42 Å². The van der Waals surface area contributed by atoms with Gasteiger partial charge in [0.25, 0.3) is 0 Å². The van der Waals surface area contributed by atoms with Gasteiger partial charge in [-0.1, -0.05) is 17.3 Å². The molecule has 1 N–H and O–H groups in total. The van der Waals surface area contributed by atoms with Crippen LogP contribution < -0.4 is 4.74 Å². The SMILES string of the molecule is COc1cccc2c1C(=O)C(=NO)C2. The molecule has 72 valence electrons. The molecule has 0 atom stereocenters. The Morgan fingerprint density at radius 1 is 1.50 bits per heavy atom. The summed E-state index contributed by atoms with van der Waals surface area (Å²) in [6, 6.07) is 5.36. The molecule has 0 saturated heterocycles. The molecule has 14 heavy (non-hydrogen) atoms. The summed E-state index contributed by atoms with van der Waals surface area (Å²) in [5.41, 5.74) is 1.54. The first-order chi connectivity index (χ1) is 6.77. The molecule has 4 nitrogen and oxygen atoms in total. The van der Waals surface area contributed by atoms with Crippen LogP contribution in [0.1, 0.15) is 15.9 Å². The summed E-state index contributed by atoms with van der Waals surface area (Å²) in [5.74, 6) is 0.283. The monoisotopic (exact) mass is 191 g/mol. The van der Waals surface area contributed by atoms with Gasteiger partial charge in [-0.25, -0.2) is 0 Å². The number of oxime groups is 1. The van der Waals surface area contributed by atoms with Gasteiger partial charge in [0.1, 0.15) is 11.5 Å². The van der Waals surface area contributed by atoms with Crippen molar-refractivity contribution in [2.24, 2.45) is 5.16 Å². The third kappa shape index (κ3) is 1.08. The predicted octanol–water partition coefficient (Wildman–Crippen LogP) is 1.26. The fourth-order valence-electron chi connectivity index (χ4n) is 1.64. The van der Waals surface area contributed by atoms with Gasteiger partial charge in [0.2, 0.25) is 5.78 Å². The van der Waals surface area contributed by atoms with Crippen LogP contribution in [0.25, 0.3) is 0 Å². The zero-order valence-corrected chi connectivity index (χ0v) is 7.65. The highest BCUT2D eigenvalue weighted by Gasteiger charge is 2.29. The van der Waals surface area contributed by atoms with E-state index in [-0.39, 0.29) is 11.5 Å². The highest BCUT2D eigenvalue weighted by Crippen LogP contribution is 2.28. The molecule has 0 bridgehead atoms. The number of carbonyl (C=O) groups excluding carboxylic acids is 1. The molecule has 0 aliphatic heterocycles. The van der Waals surface area contributed by atoms with E-state index in [2.05, 4.69) is 5.16 Å². The number of ether oxygens (including phenoxy) is 1. The fourth-order valence-corrected chi connectivity index (χ4v) is 1.64. The molecule has 0 radical (unpaired) electrons. The van der Waals surface area contributed by atoms with Crippen LogP contribution in [0.3, 0.4) is 0 Å². The molecule has 0 saturated carbocycles. The molecule has 0 heterocycles. The number of hydrogen-bond acceptors (Lipinski definition) is 4. The van der Waals surface area contributed by atoms with E-state index in [9.17, 15) is 4.79 Å². The van der Waals surface area contributed by atoms with Crippen molar-refractivity contribution in [1.82, 2.24) is 0 Å². The number of methoxy groups -OCH3 is 1. The van der Waals surface area contributed by atoms with Gasteiger partial charge < -0.3 is 9.94 Å². The summed E-state index contributed by atoms with van der Waals surface area (Å²) in [7, 11) is 1.51. The lowest BCUT2D eigenvalue weighted by molar-refractivity contribution is 0.106. The first kappa shape index (κ1) is 8.74. The number of Topliss-reactive ketones (excluding diaryl/α,β-unsaturated/α-hetero) is 1. The topological polar surface area (TPSA) is 58.9 Å². The minimum absolute atomic E-state index is 0.171. The second kappa shape index (κ2) is 3.14. The van der Waals surface area contributed by atoms with Crippen molar-refractivity contribution in [3.05, 3.63) is 29.3 Å². The smallest absolute Gasteiger partial charge is 0.214 e. The first-order valence-corrected chi connectivity index (χ1v) is 4.19. The summed E-state index contributed by atoms with van der Waals surface area (Å²) in [5, 5.41) is 11.6. The fraction of sp³-hybridized carbons (Fsp3) is 0.200. The maximum Gasteiger partial charge on any atom is 0.214 e. The van der Waals surface area contributed by atoms with Crippen molar-refractivity contribution in [3.63, 3.8) is 0 Å². The lowest BCUT2D eigenvalue weighted by Gasteiger charge is -2.03. The van der Waals surface area contributed by atoms with E-state index in [1.165, 1.54) is 7.11 Å². The molecule has 4 heteroatoms. The van der Waals surface area contributed by atoms with Gasteiger partial charge in [-0.15, -0.1) is 0 Å². The van der Waals surface area contributed by atoms with Crippen LogP contribution in [0, 0.1) is 0 Å². The van der Waals surface area contributed by atoms with E-state index >= 15 is 0 Å². The summed E-state index contributed by atoms with van der Waals surface area (Å²) >= 11 is 0. The number of rotatable bonds is 1. The molecular weight excluding hydrogens is 182 g/mol. The van der Waals surface area contributed by atoms with Crippen molar-refractivity contribution in [2.75, 3.05) is 7.11 Å². The Morgan fingerprint density at radius 3 is 2.93 bits per heavy atom. The summed E-state index contributed by atoms with van der Waals surface area (Å²) in [6.07, 6.45) is 0.377. The minimum atomic E-state index is -0.250. The largest absolute Gasteiger partial charge is 0.496 e. The van der Waals surface area contributed by atoms with E-state index < -0.39 is 0 Å². The lowest BCUT2D eigenvalue weighted by atomic mass is 10.1. The normalized spacial score (nSPS) is 17.2. The molecule has 0 amide bonds. The van der Waals surface area contributed by atoms with Gasteiger partial charge in [0.05, 0.1) is 12.7 Å². The Morgan fingerprint density at radius 2 is 2.29 bits per heavy atom. The van der Waals surface area contributed by atoms with E-state index in [1.54, 1.807) is 6.07 Å². The van der Waals surface area contributed by atoms with Crippen LogP contribution >= 0.6 is 0 Å². The van der Waals surface area contributed by atoms with Crippen molar-refractivity contribution in [1.29, 1.82) is 0 Å². The molecule has 1 aliphatic rings. The molecular formula is C10H9NO3. The molecule has 2 rings (SSSR count). The number of benzene rings is 1. The van der Waals surface area contributed by atoms with E-state index in [0.29, 0.717) is 17.7 Å². The van der Waals surface area contributed by atoms with Gasteiger partial charge in [-0.05, 0) is 11.6 Å². The molecule has 1 aromatic carbocycles. The van der Waals surface area contributed by atoms with Gasteiger partial charge in [-0.3, -0.25) is 4.79 Å². The minimum Gasteiger partial charge on any atom is -0.496 e. The average Bonchev–Trinajstić information content (AvgIpc) is 2.55. The molecule has 0 fully saturated rings. The van der Waals surface area contributed by atoms with Crippen molar-refractivity contribution in [3.8, 4) is 5.75 Å². The molecule has 0 aromatic heterocycles. The van der Waals surface area contributed by atoms with Crippen LogP contribution in [-0.4, -0.2) is 23.8 Å². The third-order valence-electron chi connectivity index (χ3n) is 2.30. The molecule has 1 aromatic rings. The Hall–Kier alpha value is -1.84.